The molecule has 0 aromatic heterocycles. The molecule has 14 heavy (non-hydrogen) atoms. The van der Waals surface area contributed by atoms with Gasteiger partial charge < -0.3 is 5.11 Å². The summed E-state index contributed by atoms with van der Waals surface area (Å²) in [5.41, 5.74) is 0. The highest BCUT2D eigenvalue weighted by Crippen LogP contribution is 2.35. The fourth-order valence-electron chi connectivity index (χ4n) is 0.358. The summed E-state index contributed by atoms with van der Waals surface area (Å²) >= 11 is 28.3. The highest BCUT2D eigenvalue weighted by atomic mass is 35.5. The largest absolute Gasteiger partial charge is 0.481 e. The number of hydrogen-bond donors (Lipinski definition) is 1. The van der Waals surface area contributed by atoms with Crippen LogP contribution < -0.4 is 0 Å². The molecule has 0 saturated carbocycles. The number of thioether (sulfide) groups is 1. The van der Waals surface area contributed by atoms with E-state index in [-0.39, 0.29) is 24.7 Å². The number of allylic oxidation sites excluding steroid dienone is 2. The lowest BCUT2D eigenvalue weighted by molar-refractivity contribution is -0.133. The predicted octanol–water partition coefficient (Wildman–Crippen LogP) is 4.34. The average molecular weight is 316 g/mol. The van der Waals surface area contributed by atoms with Crippen LogP contribution in [-0.2, 0) is 4.79 Å². The van der Waals surface area contributed by atoms with Crippen LogP contribution in [0.4, 0.5) is 0 Å². The van der Waals surface area contributed by atoms with Gasteiger partial charge in [-0.15, -0.1) is 11.8 Å². The van der Waals surface area contributed by atoms with Crippen LogP contribution in [0, 0.1) is 0 Å². The molecule has 0 saturated heterocycles. The van der Waals surface area contributed by atoms with E-state index in [9.17, 15) is 4.79 Å². The molecule has 0 aliphatic heterocycles. The van der Waals surface area contributed by atoms with Gasteiger partial charge in [-0.25, -0.2) is 0 Å². The van der Waals surface area contributed by atoms with Crippen molar-refractivity contribution in [3.05, 3.63) is 18.9 Å². The molecule has 0 atom stereocenters. The summed E-state index contributed by atoms with van der Waals surface area (Å²) < 4.78 is -0.205. The number of carboxylic acid groups (broad SMARTS) is 1. The molecule has 0 radical (unpaired) electrons. The molecule has 8 heteroatoms. The van der Waals surface area contributed by atoms with Gasteiger partial charge in [0.05, 0.1) is 20.2 Å². The molecule has 0 aromatic rings. The van der Waals surface area contributed by atoms with Crippen molar-refractivity contribution in [2.75, 3.05) is 5.75 Å². The van der Waals surface area contributed by atoms with Crippen LogP contribution in [0.5, 0.6) is 0 Å². The summed E-state index contributed by atoms with van der Waals surface area (Å²) in [5.74, 6) is -1.24. The number of rotatable bonds is 4. The molecule has 0 aliphatic rings. The van der Waals surface area contributed by atoms with Gasteiger partial charge in [-0.1, -0.05) is 58.0 Å². The van der Waals surface area contributed by atoms with Crippen molar-refractivity contribution in [3.63, 3.8) is 0 Å². The molecule has 0 spiro atoms. The minimum Gasteiger partial charge on any atom is -0.481 e. The zero-order valence-corrected chi connectivity index (χ0v) is 11.0. The molecular formula is C6H3Cl5O2S. The Bertz CT molecular complexity index is 295. The summed E-state index contributed by atoms with van der Waals surface area (Å²) in [6.07, 6.45) is 0. The lowest BCUT2D eigenvalue weighted by atomic mass is 10.6. The lowest BCUT2D eigenvalue weighted by Gasteiger charge is -2.00. The zero-order valence-electron chi connectivity index (χ0n) is 6.36. The monoisotopic (exact) mass is 314 g/mol. The van der Waals surface area contributed by atoms with Crippen LogP contribution in [0.1, 0.15) is 0 Å². The van der Waals surface area contributed by atoms with Gasteiger partial charge in [0, 0.05) is 0 Å². The first-order valence-electron chi connectivity index (χ1n) is 2.97. The first kappa shape index (κ1) is 14.8. The normalized spacial score (nSPS) is 12.1. The summed E-state index contributed by atoms with van der Waals surface area (Å²) in [6.45, 7) is 0. The first-order chi connectivity index (χ1) is 6.36. The molecule has 0 aromatic carbocycles. The summed E-state index contributed by atoms with van der Waals surface area (Å²) in [4.78, 5) is 10.2. The smallest absolute Gasteiger partial charge is 0.313 e. The molecule has 1 N–H and O–H groups in total. The Kier molecular flexibility index (Phi) is 7.47. The van der Waals surface area contributed by atoms with Gasteiger partial charge in [-0.05, 0) is 0 Å². The molecule has 0 unspecified atom stereocenters. The van der Waals surface area contributed by atoms with E-state index < -0.39 is 5.97 Å². The van der Waals surface area contributed by atoms with Gasteiger partial charge in [0.25, 0.3) is 0 Å². The van der Waals surface area contributed by atoms with Crippen LogP contribution in [0.15, 0.2) is 18.9 Å². The molecule has 2 nitrogen and oxygen atoms in total. The molecular weight excluding hydrogens is 313 g/mol. The van der Waals surface area contributed by atoms with E-state index in [0.29, 0.717) is 0 Å². The molecule has 0 fully saturated rings. The van der Waals surface area contributed by atoms with E-state index in [4.69, 9.17) is 63.1 Å². The van der Waals surface area contributed by atoms with Crippen LogP contribution in [-0.4, -0.2) is 16.8 Å². The minimum atomic E-state index is -1.02. The van der Waals surface area contributed by atoms with E-state index in [1.165, 1.54) is 0 Å². The van der Waals surface area contributed by atoms with Crippen LogP contribution in [0.3, 0.4) is 0 Å². The number of carbonyl (C=O) groups is 1. The Morgan fingerprint density at radius 1 is 1.07 bits per heavy atom. The second kappa shape index (κ2) is 7.09. The highest BCUT2D eigenvalue weighted by Gasteiger charge is 2.11. The average Bonchev–Trinajstić information content (AvgIpc) is 2.11. The second-order valence-corrected chi connectivity index (χ2v) is 5.14. The third-order valence-corrected chi connectivity index (χ3v) is 3.85. The Morgan fingerprint density at radius 2 is 1.57 bits per heavy atom. The Balaban J connectivity index is 4.60. The maximum Gasteiger partial charge on any atom is 0.313 e. The highest BCUT2D eigenvalue weighted by molar-refractivity contribution is 8.05. The standard InChI is InChI=1S/C6H3Cl5O2S/c7-3(5(9)10)4(8)6(11)14-1-2(12)13/h1H2,(H,12,13). The molecule has 0 aliphatic carbocycles. The summed E-state index contributed by atoms with van der Waals surface area (Å²) in [6, 6.07) is 0. The third-order valence-electron chi connectivity index (χ3n) is 0.854. The van der Waals surface area contributed by atoms with Gasteiger partial charge >= 0.3 is 5.97 Å². The van der Waals surface area contributed by atoms with Crippen LogP contribution in [0.2, 0.25) is 0 Å². The Morgan fingerprint density at radius 3 is 1.93 bits per heavy atom. The van der Waals surface area contributed by atoms with E-state index in [0.717, 1.165) is 11.8 Å². The van der Waals surface area contributed by atoms with E-state index in [1.807, 2.05) is 0 Å². The first-order valence-corrected chi connectivity index (χ1v) is 5.84. The maximum atomic E-state index is 10.2. The van der Waals surface area contributed by atoms with Crippen LogP contribution in [0.25, 0.3) is 0 Å². The fraction of sp³-hybridized carbons (Fsp3) is 0.167. The second-order valence-electron chi connectivity index (χ2n) is 1.84. The zero-order chi connectivity index (χ0) is 11.3. The van der Waals surface area contributed by atoms with Gasteiger partial charge in [0.2, 0.25) is 0 Å². The molecule has 0 heterocycles. The summed E-state index contributed by atoms with van der Waals surface area (Å²) in [7, 11) is 0. The minimum absolute atomic E-state index is 0.0258. The van der Waals surface area contributed by atoms with Crippen molar-refractivity contribution in [2.24, 2.45) is 0 Å². The number of aliphatic carboxylic acids is 1. The molecule has 0 amide bonds. The molecule has 0 rings (SSSR count). The van der Waals surface area contributed by atoms with Crippen molar-refractivity contribution < 1.29 is 9.90 Å². The fourth-order valence-corrected chi connectivity index (χ4v) is 1.84. The van der Waals surface area contributed by atoms with Gasteiger partial charge in [-0.2, -0.15) is 0 Å². The molecule has 80 valence electrons. The van der Waals surface area contributed by atoms with E-state index >= 15 is 0 Å². The van der Waals surface area contributed by atoms with Crippen LogP contribution >= 0.6 is 69.8 Å². The summed E-state index contributed by atoms with van der Waals surface area (Å²) in [5, 5.41) is 8.17. The Labute approximate surface area is 110 Å². The Hall–Kier alpha value is 0.750. The lowest BCUT2D eigenvalue weighted by Crippen LogP contribution is -1.97. The van der Waals surface area contributed by atoms with Crippen molar-refractivity contribution in [3.8, 4) is 0 Å². The predicted molar refractivity (Wildman–Crippen MR) is 63.4 cm³/mol. The van der Waals surface area contributed by atoms with Gasteiger partial charge in [0.1, 0.15) is 4.49 Å². The van der Waals surface area contributed by atoms with Crippen molar-refractivity contribution >= 4 is 75.7 Å². The van der Waals surface area contributed by atoms with Crippen molar-refractivity contribution in [1.29, 1.82) is 0 Å². The van der Waals surface area contributed by atoms with E-state index in [2.05, 4.69) is 0 Å². The van der Waals surface area contributed by atoms with Gasteiger partial charge in [0.15, 0.2) is 0 Å². The number of hydrogen-bond acceptors (Lipinski definition) is 2. The maximum absolute atomic E-state index is 10.2. The molecule has 0 bridgehead atoms. The quantitative estimate of drug-likeness (QED) is 0.784. The number of halogens is 5. The van der Waals surface area contributed by atoms with Crippen molar-refractivity contribution in [2.45, 2.75) is 0 Å². The van der Waals surface area contributed by atoms with E-state index in [1.54, 1.807) is 0 Å². The van der Waals surface area contributed by atoms with Crippen molar-refractivity contribution in [1.82, 2.24) is 0 Å². The third kappa shape index (κ3) is 5.59. The SMILES string of the molecule is O=C(O)CSC(Cl)=C(Cl)C(Cl)=C(Cl)Cl. The van der Waals surface area contributed by atoms with Gasteiger partial charge in [-0.3, -0.25) is 4.79 Å². The number of carboxylic acids is 1. The topological polar surface area (TPSA) is 37.3 Å².